The highest BCUT2D eigenvalue weighted by Crippen LogP contribution is 2.25. The number of aliphatic carboxylic acids is 1. The summed E-state index contributed by atoms with van der Waals surface area (Å²) in [7, 11) is 0. The molecule has 0 saturated carbocycles. The van der Waals surface area contributed by atoms with Gasteiger partial charge in [-0.25, -0.2) is 4.79 Å². The van der Waals surface area contributed by atoms with Gasteiger partial charge in [0.2, 0.25) is 0 Å². The van der Waals surface area contributed by atoms with E-state index in [1.54, 1.807) is 25.1 Å². The largest absolute Gasteiger partial charge is 0.490 e. The SMILES string of the molecule is CCC(NC(=O)c1ccc(Br)cc1OC(C)C)C(=O)O. The van der Waals surface area contributed by atoms with Crippen molar-refractivity contribution in [3.63, 3.8) is 0 Å². The number of carboxylic acids is 1. The minimum absolute atomic E-state index is 0.0858. The molecule has 1 amide bonds. The van der Waals surface area contributed by atoms with E-state index in [-0.39, 0.29) is 6.10 Å². The van der Waals surface area contributed by atoms with Crippen molar-refractivity contribution in [3.8, 4) is 5.75 Å². The molecule has 6 heteroatoms. The molecule has 0 spiro atoms. The molecular formula is C14H18BrNO4. The highest BCUT2D eigenvalue weighted by atomic mass is 79.9. The summed E-state index contributed by atoms with van der Waals surface area (Å²) in [6, 6.07) is 4.10. The van der Waals surface area contributed by atoms with Crippen LogP contribution in [0.1, 0.15) is 37.6 Å². The molecule has 0 fully saturated rings. The summed E-state index contributed by atoms with van der Waals surface area (Å²) in [5.41, 5.74) is 0.321. The normalized spacial score (nSPS) is 12.1. The van der Waals surface area contributed by atoms with Gasteiger partial charge in [-0.3, -0.25) is 4.79 Å². The number of ether oxygens (including phenoxy) is 1. The van der Waals surface area contributed by atoms with Crippen LogP contribution in [0, 0.1) is 0 Å². The molecule has 0 aliphatic rings. The number of hydrogen-bond acceptors (Lipinski definition) is 3. The van der Waals surface area contributed by atoms with Crippen molar-refractivity contribution in [2.45, 2.75) is 39.3 Å². The molecule has 1 aromatic carbocycles. The molecule has 5 nitrogen and oxygen atoms in total. The summed E-state index contributed by atoms with van der Waals surface area (Å²) in [6.45, 7) is 5.41. The van der Waals surface area contributed by atoms with E-state index in [1.807, 2.05) is 13.8 Å². The summed E-state index contributed by atoms with van der Waals surface area (Å²) in [4.78, 5) is 23.1. The van der Waals surface area contributed by atoms with Crippen molar-refractivity contribution < 1.29 is 19.4 Å². The first-order valence-corrected chi connectivity index (χ1v) is 7.14. The lowest BCUT2D eigenvalue weighted by molar-refractivity contribution is -0.139. The van der Waals surface area contributed by atoms with Crippen molar-refractivity contribution in [1.82, 2.24) is 5.32 Å². The summed E-state index contributed by atoms with van der Waals surface area (Å²) in [6.07, 6.45) is 0.232. The van der Waals surface area contributed by atoms with Crippen LogP contribution in [0.4, 0.5) is 0 Å². The van der Waals surface area contributed by atoms with E-state index < -0.39 is 17.9 Å². The van der Waals surface area contributed by atoms with Crippen LogP contribution in [0.2, 0.25) is 0 Å². The lowest BCUT2D eigenvalue weighted by atomic mass is 10.1. The molecular weight excluding hydrogens is 326 g/mol. The van der Waals surface area contributed by atoms with Gasteiger partial charge in [0.05, 0.1) is 11.7 Å². The number of carbonyl (C=O) groups is 2. The lowest BCUT2D eigenvalue weighted by Crippen LogP contribution is -2.40. The van der Waals surface area contributed by atoms with E-state index in [0.29, 0.717) is 17.7 Å². The summed E-state index contributed by atoms with van der Waals surface area (Å²) in [5, 5.41) is 11.5. The van der Waals surface area contributed by atoms with Crippen molar-refractivity contribution >= 4 is 27.8 Å². The number of halogens is 1. The van der Waals surface area contributed by atoms with Gasteiger partial charge >= 0.3 is 5.97 Å². The Morgan fingerprint density at radius 1 is 1.40 bits per heavy atom. The van der Waals surface area contributed by atoms with Gasteiger partial charge in [-0.1, -0.05) is 22.9 Å². The molecule has 110 valence electrons. The summed E-state index contributed by atoms with van der Waals surface area (Å²) >= 11 is 3.32. The van der Waals surface area contributed by atoms with E-state index in [2.05, 4.69) is 21.2 Å². The van der Waals surface area contributed by atoms with Crippen LogP contribution < -0.4 is 10.1 Å². The standard InChI is InChI=1S/C14H18BrNO4/c1-4-11(14(18)19)16-13(17)10-6-5-9(15)7-12(10)20-8(2)3/h5-8,11H,4H2,1-3H3,(H,16,17)(H,18,19). The Bertz CT molecular complexity index is 502. The van der Waals surface area contributed by atoms with Crippen LogP contribution in [0.15, 0.2) is 22.7 Å². The quantitative estimate of drug-likeness (QED) is 0.832. The van der Waals surface area contributed by atoms with Crippen molar-refractivity contribution in [1.29, 1.82) is 0 Å². The Morgan fingerprint density at radius 2 is 2.05 bits per heavy atom. The number of benzene rings is 1. The maximum absolute atomic E-state index is 12.2. The second-order valence-electron chi connectivity index (χ2n) is 4.58. The smallest absolute Gasteiger partial charge is 0.326 e. The van der Waals surface area contributed by atoms with Gasteiger partial charge in [-0.15, -0.1) is 0 Å². The maximum Gasteiger partial charge on any atom is 0.326 e. The lowest BCUT2D eigenvalue weighted by Gasteiger charge is -2.16. The van der Waals surface area contributed by atoms with Gasteiger partial charge < -0.3 is 15.2 Å². The average Bonchev–Trinajstić information content (AvgIpc) is 2.34. The highest BCUT2D eigenvalue weighted by Gasteiger charge is 2.21. The molecule has 1 atom stereocenters. The molecule has 0 saturated heterocycles. The fraction of sp³-hybridized carbons (Fsp3) is 0.429. The van der Waals surface area contributed by atoms with Crippen molar-refractivity contribution in [3.05, 3.63) is 28.2 Å². The molecule has 0 aromatic heterocycles. The van der Waals surface area contributed by atoms with Gasteiger partial charge in [0.25, 0.3) is 5.91 Å². The highest BCUT2D eigenvalue weighted by molar-refractivity contribution is 9.10. The first kappa shape index (κ1) is 16.5. The van der Waals surface area contributed by atoms with Gasteiger partial charge in [0.15, 0.2) is 0 Å². The first-order chi connectivity index (χ1) is 9.35. The zero-order valence-corrected chi connectivity index (χ0v) is 13.2. The van der Waals surface area contributed by atoms with Crippen LogP contribution in [0.25, 0.3) is 0 Å². The number of carbonyl (C=O) groups excluding carboxylic acids is 1. The third kappa shape index (κ3) is 4.52. The fourth-order valence-electron chi connectivity index (χ4n) is 1.61. The van der Waals surface area contributed by atoms with E-state index in [0.717, 1.165) is 4.47 Å². The van der Waals surface area contributed by atoms with Gasteiger partial charge in [-0.2, -0.15) is 0 Å². The van der Waals surface area contributed by atoms with Crippen LogP contribution in [-0.2, 0) is 4.79 Å². The molecule has 0 bridgehead atoms. The topological polar surface area (TPSA) is 75.6 Å². The number of amides is 1. The first-order valence-electron chi connectivity index (χ1n) is 6.35. The predicted molar refractivity (Wildman–Crippen MR) is 79.1 cm³/mol. The van der Waals surface area contributed by atoms with Crippen molar-refractivity contribution in [2.24, 2.45) is 0 Å². The monoisotopic (exact) mass is 343 g/mol. The molecule has 2 N–H and O–H groups in total. The van der Waals surface area contributed by atoms with Crippen molar-refractivity contribution in [2.75, 3.05) is 0 Å². The molecule has 0 aliphatic heterocycles. The van der Waals surface area contributed by atoms with E-state index in [1.165, 1.54) is 0 Å². The summed E-state index contributed by atoms with van der Waals surface area (Å²) < 4.78 is 6.37. The molecule has 1 unspecified atom stereocenters. The number of hydrogen-bond donors (Lipinski definition) is 2. The minimum atomic E-state index is -1.05. The van der Waals surface area contributed by atoms with Gasteiger partial charge in [-0.05, 0) is 38.5 Å². The van der Waals surface area contributed by atoms with E-state index >= 15 is 0 Å². The Balaban J connectivity index is 2.99. The Kier molecular flexibility index (Phi) is 6.01. The Hall–Kier alpha value is -1.56. The minimum Gasteiger partial charge on any atom is -0.490 e. The second-order valence-corrected chi connectivity index (χ2v) is 5.50. The predicted octanol–water partition coefficient (Wildman–Crippen LogP) is 2.83. The van der Waals surface area contributed by atoms with Crippen LogP contribution in [0.3, 0.4) is 0 Å². The second kappa shape index (κ2) is 7.28. The van der Waals surface area contributed by atoms with Gasteiger partial charge in [0.1, 0.15) is 11.8 Å². The zero-order valence-electron chi connectivity index (χ0n) is 11.6. The van der Waals surface area contributed by atoms with Crippen LogP contribution in [0.5, 0.6) is 5.75 Å². The Labute approximate surface area is 126 Å². The molecule has 20 heavy (non-hydrogen) atoms. The number of rotatable bonds is 6. The fourth-order valence-corrected chi connectivity index (χ4v) is 1.95. The van der Waals surface area contributed by atoms with E-state index in [4.69, 9.17) is 9.84 Å². The zero-order chi connectivity index (χ0) is 15.3. The number of nitrogens with one attached hydrogen (secondary N) is 1. The van der Waals surface area contributed by atoms with Crippen LogP contribution >= 0.6 is 15.9 Å². The molecule has 0 aliphatic carbocycles. The molecule has 1 rings (SSSR count). The van der Waals surface area contributed by atoms with E-state index in [9.17, 15) is 9.59 Å². The maximum atomic E-state index is 12.2. The molecule has 1 aromatic rings. The molecule has 0 radical (unpaired) electrons. The van der Waals surface area contributed by atoms with Gasteiger partial charge in [0, 0.05) is 4.47 Å². The average molecular weight is 344 g/mol. The van der Waals surface area contributed by atoms with Crippen LogP contribution in [-0.4, -0.2) is 29.1 Å². The number of carboxylic acid groups (broad SMARTS) is 1. The Morgan fingerprint density at radius 3 is 2.55 bits per heavy atom. The third-order valence-electron chi connectivity index (χ3n) is 2.56. The summed E-state index contributed by atoms with van der Waals surface area (Å²) in [5.74, 6) is -1.08. The molecule has 0 heterocycles. The third-order valence-corrected chi connectivity index (χ3v) is 3.06.